The minimum absolute atomic E-state index is 0. The molecule has 0 radical (unpaired) electrons. The molecule has 0 aromatic rings. The Morgan fingerprint density at radius 2 is 1.05 bits per heavy atom. The van der Waals surface area contributed by atoms with E-state index in [0.29, 0.717) is 6.42 Å². The summed E-state index contributed by atoms with van der Waals surface area (Å²) in [6.45, 7) is 4.57. The van der Waals surface area contributed by atoms with Crippen LogP contribution in [0.2, 0.25) is 0 Å². The van der Waals surface area contributed by atoms with Crippen LogP contribution < -0.4 is 29.6 Å². The van der Waals surface area contributed by atoms with Crippen molar-refractivity contribution in [1.82, 2.24) is 0 Å². The van der Waals surface area contributed by atoms with Gasteiger partial charge in [0.15, 0.2) is 0 Å². The zero-order valence-corrected chi connectivity index (χ0v) is 17.2. The van der Waals surface area contributed by atoms with E-state index in [2.05, 4.69) is 13.8 Å². The minimum Gasteiger partial charge on any atom is -0.748 e. The van der Waals surface area contributed by atoms with Gasteiger partial charge in [-0.15, -0.1) is 0 Å². The van der Waals surface area contributed by atoms with Crippen molar-refractivity contribution in [3.8, 4) is 0 Å². The molecule has 0 spiro atoms. The molecule has 0 N–H and O–H groups in total. The van der Waals surface area contributed by atoms with Crippen LogP contribution in [-0.4, -0.2) is 18.7 Å². The van der Waals surface area contributed by atoms with E-state index < -0.39 is 10.1 Å². The molecule has 0 fully saturated rings. The molecule has 0 aliphatic carbocycles. The van der Waals surface area contributed by atoms with Crippen LogP contribution in [-0.2, 0) is 10.1 Å². The van der Waals surface area contributed by atoms with Crippen LogP contribution in [0.25, 0.3) is 0 Å². The van der Waals surface area contributed by atoms with Gasteiger partial charge in [-0.2, -0.15) is 0 Å². The summed E-state index contributed by atoms with van der Waals surface area (Å²) in [6, 6.07) is 0. The summed E-state index contributed by atoms with van der Waals surface area (Å²) in [4.78, 5) is 0. The van der Waals surface area contributed by atoms with E-state index >= 15 is 0 Å². The first kappa shape index (κ1) is 24.2. The van der Waals surface area contributed by atoms with E-state index in [0.717, 1.165) is 18.8 Å². The molecule has 0 saturated carbocycles. The number of hydrogen-bond acceptors (Lipinski definition) is 3. The van der Waals surface area contributed by atoms with Crippen molar-refractivity contribution in [3.63, 3.8) is 0 Å². The molecule has 0 amide bonds. The van der Waals surface area contributed by atoms with E-state index in [9.17, 15) is 13.0 Å². The molecular weight excluding hydrogens is 295 g/mol. The normalized spacial score (nSPS) is 11.6. The van der Waals surface area contributed by atoms with Gasteiger partial charge in [0.2, 0.25) is 0 Å². The summed E-state index contributed by atoms with van der Waals surface area (Å²) in [7, 11) is -3.99. The second-order valence-corrected chi connectivity index (χ2v) is 7.86. The molecule has 0 rings (SSSR count). The van der Waals surface area contributed by atoms with Gasteiger partial charge in [-0.05, 0) is 12.3 Å². The number of hydrogen-bond donors (Lipinski definition) is 0. The molecule has 0 bridgehead atoms. The zero-order valence-electron chi connectivity index (χ0n) is 14.4. The van der Waals surface area contributed by atoms with E-state index in [-0.39, 0.29) is 35.3 Å². The molecule has 0 aliphatic heterocycles. The Kier molecular flexibility index (Phi) is 18.2. The van der Waals surface area contributed by atoms with Crippen molar-refractivity contribution in [2.45, 2.75) is 90.9 Å². The quantitative estimate of drug-likeness (QED) is 0.278. The maximum Gasteiger partial charge on any atom is 1.00 e. The summed E-state index contributed by atoms with van der Waals surface area (Å²) < 4.78 is 31.2. The summed E-state index contributed by atoms with van der Waals surface area (Å²) >= 11 is 0. The van der Waals surface area contributed by atoms with Crippen LogP contribution >= 0.6 is 0 Å². The summed E-state index contributed by atoms with van der Waals surface area (Å²) in [5.74, 6) is 0.648. The van der Waals surface area contributed by atoms with Crippen LogP contribution in [0.5, 0.6) is 0 Å². The molecule has 0 aromatic carbocycles. The fraction of sp³-hybridized carbons (Fsp3) is 1.00. The fourth-order valence-electron chi connectivity index (χ4n) is 2.42. The van der Waals surface area contributed by atoms with E-state index in [1.54, 1.807) is 0 Å². The van der Waals surface area contributed by atoms with E-state index in [1.165, 1.54) is 57.8 Å². The second-order valence-electron chi connectivity index (χ2n) is 6.33. The Morgan fingerprint density at radius 1 is 0.714 bits per heavy atom. The molecule has 0 atom stereocenters. The van der Waals surface area contributed by atoms with Gasteiger partial charge in [-0.3, -0.25) is 0 Å². The molecule has 0 aromatic heterocycles. The smallest absolute Gasteiger partial charge is 0.748 e. The number of rotatable bonds is 14. The SMILES string of the molecule is CC(C)CCCCCCCCCCCCCS(=O)(=O)[O-].[Na+]. The Bertz CT molecular complexity index is 303. The van der Waals surface area contributed by atoms with Crippen LogP contribution in [0.15, 0.2) is 0 Å². The van der Waals surface area contributed by atoms with Crippen molar-refractivity contribution >= 4 is 10.1 Å². The molecule has 0 aliphatic rings. The molecule has 122 valence electrons. The van der Waals surface area contributed by atoms with E-state index in [1.807, 2.05) is 0 Å². The van der Waals surface area contributed by atoms with Gasteiger partial charge >= 0.3 is 29.6 Å². The predicted octanol–water partition coefficient (Wildman–Crippen LogP) is 1.87. The van der Waals surface area contributed by atoms with Gasteiger partial charge in [0.25, 0.3) is 0 Å². The number of unbranched alkanes of at least 4 members (excludes halogenated alkanes) is 10. The molecular formula is C16H33NaO3S. The third kappa shape index (κ3) is 23.3. The second kappa shape index (κ2) is 15.8. The van der Waals surface area contributed by atoms with Crippen molar-refractivity contribution in [2.24, 2.45) is 5.92 Å². The molecule has 5 heteroatoms. The zero-order chi connectivity index (χ0) is 15.3. The van der Waals surface area contributed by atoms with Crippen molar-refractivity contribution in [2.75, 3.05) is 5.75 Å². The third-order valence-corrected chi connectivity index (χ3v) is 4.46. The van der Waals surface area contributed by atoms with Crippen molar-refractivity contribution in [1.29, 1.82) is 0 Å². The van der Waals surface area contributed by atoms with Gasteiger partial charge in [0.1, 0.15) is 0 Å². The maximum absolute atomic E-state index is 10.4. The Balaban J connectivity index is 0. The van der Waals surface area contributed by atoms with Gasteiger partial charge in [0, 0.05) is 5.75 Å². The topological polar surface area (TPSA) is 57.2 Å². The third-order valence-electron chi connectivity index (χ3n) is 3.68. The summed E-state index contributed by atoms with van der Waals surface area (Å²) in [6.07, 6.45) is 14.3. The first-order chi connectivity index (χ1) is 9.42. The van der Waals surface area contributed by atoms with Crippen LogP contribution in [0.1, 0.15) is 90.9 Å². The average Bonchev–Trinajstić information content (AvgIpc) is 2.33. The molecule has 0 heterocycles. The van der Waals surface area contributed by atoms with Gasteiger partial charge in [0.05, 0.1) is 10.1 Å². The molecule has 21 heavy (non-hydrogen) atoms. The van der Waals surface area contributed by atoms with Crippen LogP contribution in [0.3, 0.4) is 0 Å². The minimum atomic E-state index is -3.99. The summed E-state index contributed by atoms with van der Waals surface area (Å²) in [5.41, 5.74) is 0. The monoisotopic (exact) mass is 328 g/mol. The van der Waals surface area contributed by atoms with Gasteiger partial charge < -0.3 is 4.55 Å². The Labute approximate surface area is 154 Å². The first-order valence-corrected chi connectivity index (χ1v) is 9.93. The Hall–Kier alpha value is 0.910. The van der Waals surface area contributed by atoms with Crippen LogP contribution in [0, 0.1) is 5.92 Å². The summed E-state index contributed by atoms with van der Waals surface area (Å²) in [5, 5.41) is 0. The van der Waals surface area contributed by atoms with Crippen molar-refractivity contribution in [3.05, 3.63) is 0 Å². The molecule has 3 nitrogen and oxygen atoms in total. The van der Waals surface area contributed by atoms with Gasteiger partial charge in [-0.25, -0.2) is 8.42 Å². The van der Waals surface area contributed by atoms with Crippen molar-refractivity contribution < 1.29 is 42.5 Å². The fourth-order valence-corrected chi connectivity index (χ4v) is 2.98. The van der Waals surface area contributed by atoms with Crippen LogP contribution in [0.4, 0.5) is 0 Å². The average molecular weight is 328 g/mol. The standard InChI is InChI=1S/C16H34O3S.Na/c1-16(2)14-12-10-8-6-4-3-5-7-9-11-13-15-20(17,18)19;/h16H,3-15H2,1-2H3,(H,17,18,19);/q;+1/p-1. The largest absolute Gasteiger partial charge is 1.00 e. The molecule has 0 saturated heterocycles. The predicted molar refractivity (Wildman–Crippen MR) is 84.8 cm³/mol. The molecule has 0 unspecified atom stereocenters. The van der Waals surface area contributed by atoms with E-state index in [4.69, 9.17) is 0 Å². The first-order valence-electron chi connectivity index (χ1n) is 8.35. The van der Waals surface area contributed by atoms with Gasteiger partial charge in [-0.1, -0.05) is 84.5 Å². The Morgan fingerprint density at radius 3 is 1.38 bits per heavy atom. The maximum atomic E-state index is 10.4.